The van der Waals surface area contributed by atoms with Crippen LogP contribution in [0.3, 0.4) is 0 Å². The highest BCUT2D eigenvalue weighted by atomic mass is 15.3. The first-order valence-electron chi connectivity index (χ1n) is 9.84. The Bertz CT molecular complexity index is 344. The summed E-state index contributed by atoms with van der Waals surface area (Å²) < 4.78 is 1.93. The van der Waals surface area contributed by atoms with Gasteiger partial charge in [-0.25, -0.2) is 0 Å². The average Bonchev–Trinajstić information content (AvgIpc) is 2.48. The molecule has 0 fully saturated rings. The van der Waals surface area contributed by atoms with E-state index < -0.39 is 0 Å². The quantitative estimate of drug-likeness (QED) is 0.238. The van der Waals surface area contributed by atoms with E-state index >= 15 is 0 Å². The summed E-state index contributed by atoms with van der Waals surface area (Å²) in [5.74, 6) is 5.55. The second kappa shape index (κ2) is 13.3. The van der Waals surface area contributed by atoms with Crippen LogP contribution in [0.2, 0.25) is 0 Å². The summed E-state index contributed by atoms with van der Waals surface area (Å²) in [6, 6.07) is 0. The molecule has 0 radical (unpaired) electrons. The zero-order valence-electron chi connectivity index (χ0n) is 16.9. The summed E-state index contributed by atoms with van der Waals surface area (Å²) in [6.07, 6.45) is 24.5. The number of unbranched alkanes of at least 4 members (excludes halogenated alkanes) is 9. The van der Waals surface area contributed by atoms with Gasteiger partial charge in [0.1, 0.15) is 13.1 Å². The molecule has 2 nitrogen and oxygen atoms in total. The van der Waals surface area contributed by atoms with Crippen LogP contribution in [0, 0.1) is 24.7 Å². The van der Waals surface area contributed by atoms with Crippen LogP contribution >= 0.6 is 0 Å². The summed E-state index contributed by atoms with van der Waals surface area (Å²) in [4.78, 5) is 0. The third kappa shape index (κ3) is 14.6. The minimum absolute atomic E-state index is 0.846. The molecule has 0 spiro atoms. The fourth-order valence-electron chi connectivity index (χ4n) is 3.15. The first-order chi connectivity index (χ1) is 11.3. The van der Waals surface area contributed by atoms with E-state index in [9.17, 15) is 0 Å². The standard InChI is InChI=1S/C22H42N2/c1-7-19-23(3,4)21-17-15-13-11-9-10-12-14-16-18-22-24(5,6)20-8-2/h1-2H,9-22H2,3-6H3/q+2. The van der Waals surface area contributed by atoms with Crippen LogP contribution in [0.1, 0.15) is 64.2 Å². The van der Waals surface area contributed by atoms with Crippen molar-refractivity contribution in [2.75, 3.05) is 54.4 Å². The van der Waals surface area contributed by atoms with Gasteiger partial charge >= 0.3 is 0 Å². The lowest BCUT2D eigenvalue weighted by Gasteiger charge is -2.27. The molecule has 0 atom stereocenters. The summed E-state index contributed by atoms with van der Waals surface area (Å²) >= 11 is 0. The van der Waals surface area contributed by atoms with Crippen LogP contribution in [0.4, 0.5) is 0 Å². The number of rotatable bonds is 15. The predicted molar refractivity (Wildman–Crippen MR) is 108 cm³/mol. The van der Waals surface area contributed by atoms with Crippen molar-refractivity contribution in [2.45, 2.75) is 64.2 Å². The van der Waals surface area contributed by atoms with Crippen LogP contribution < -0.4 is 0 Å². The molecular weight excluding hydrogens is 292 g/mol. The largest absolute Gasteiger partial charge is 0.318 e. The average molecular weight is 335 g/mol. The van der Waals surface area contributed by atoms with Gasteiger partial charge in [-0.15, -0.1) is 12.8 Å². The fourth-order valence-corrected chi connectivity index (χ4v) is 3.15. The van der Waals surface area contributed by atoms with E-state index in [0.717, 1.165) is 22.1 Å². The summed E-state index contributed by atoms with van der Waals surface area (Å²) in [7, 11) is 8.91. The number of hydrogen-bond donors (Lipinski definition) is 0. The van der Waals surface area contributed by atoms with Gasteiger partial charge in [-0.1, -0.05) is 38.5 Å². The molecule has 0 aliphatic heterocycles. The Morgan fingerprint density at radius 3 is 1.00 bits per heavy atom. The van der Waals surface area contributed by atoms with Gasteiger partial charge in [-0.3, -0.25) is 0 Å². The lowest BCUT2D eigenvalue weighted by Crippen LogP contribution is -2.40. The maximum absolute atomic E-state index is 5.40. The molecule has 0 saturated carbocycles. The van der Waals surface area contributed by atoms with Crippen molar-refractivity contribution < 1.29 is 8.97 Å². The topological polar surface area (TPSA) is 0 Å². The molecule has 0 N–H and O–H groups in total. The van der Waals surface area contributed by atoms with Crippen molar-refractivity contribution in [3.05, 3.63) is 0 Å². The monoisotopic (exact) mass is 334 g/mol. The molecule has 0 heterocycles. The molecule has 138 valence electrons. The van der Waals surface area contributed by atoms with E-state index in [-0.39, 0.29) is 0 Å². The number of quaternary nitrogens is 2. The smallest absolute Gasteiger partial charge is 0.140 e. The molecule has 0 aliphatic carbocycles. The van der Waals surface area contributed by atoms with E-state index in [2.05, 4.69) is 40.0 Å². The van der Waals surface area contributed by atoms with Gasteiger partial charge in [-0.2, -0.15) is 0 Å². The fraction of sp³-hybridized carbons (Fsp3) is 0.818. The number of nitrogens with zero attached hydrogens (tertiary/aromatic N) is 2. The Hall–Kier alpha value is -0.960. The maximum atomic E-state index is 5.40. The second-order valence-corrected chi connectivity index (χ2v) is 8.58. The van der Waals surface area contributed by atoms with Crippen molar-refractivity contribution in [1.29, 1.82) is 0 Å². The lowest BCUT2D eigenvalue weighted by atomic mass is 10.1. The second-order valence-electron chi connectivity index (χ2n) is 8.58. The molecule has 24 heavy (non-hydrogen) atoms. The van der Waals surface area contributed by atoms with E-state index in [1.807, 2.05) is 0 Å². The Kier molecular flexibility index (Phi) is 12.8. The molecule has 0 aromatic carbocycles. The van der Waals surface area contributed by atoms with E-state index in [1.165, 1.54) is 77.3 Å². The van der Waals surface area contributed by atoms with Crippen LogP contribution in [0.25, 0.3) is 0 Å². The van der Waals surface area contributed by atoms with Crippen LogP contribution in [0.15, 0.2) is 0 Å². The highest BCUT2D eigenvalue weighted by Gasteiger charge is 2.12. The van der Waals surface area contributed by atoms with Gasteiger partial charge in [0.25, 0.3) is 0 Å². The molecule has 0 bridgehead atoms. The number of hydrogen-bond acceptors (Lipinski definition) is 0. The Balaban J connectivity index is 3.32. The first kappa shape index (κ1) is 23.0. The van der Waals surface area contributed by atoms with Crippen molar-refractivity contribution in [1.82, 2.24) is 0 Å². The van der Waals surface area contributed by atoms with E-state index in [1.54, 1.807) is 0 Å². The maximum Gasteiger partial charge on any atom is 0.140 e. The van der Waals surface area contributed by atoms with Crippen LogP contribution in [-0.2, 0) is 0 Å². The normalized spacial score (nSPS) is 11.9. The molecule has 0 saturated heterocycles. The Morgan fingerprint density at radius 1 is 0.500 bits per heavy atom. The zero-order chi connectivity index (χ0) is 18.3. The molecule has 0 aromatic heterocycles. The molecule has 2 heteroatoms. The Labute approximate surface area is 152 Å². The third-order valence-corrected chi connectivity index (χ3v) is 4.82. The SMILES string of the molecule is C#CC[N+](C)(C)CCCCCCCCCCCC[N+](C)(C)CC#C. The van der Waals surface area contributed by atoms with Gasteiger partial charge in [-0.05, 0) is 37.5 Å². The lowest BCUT2D eigenvalue weighted by molar-refractivity contribution is -0.883. The molecule has 0 aliphatic rings. The molecule has 0 aromatic rings. The van der Waals surface area contributed by atoms with Crippen LogP contribution in [-0.4, -0.2) is 63.3 Å². The molecule has 0 unspecified atom stereocenters. The van der Waals surface area contributed by atoms with E-state index in [4.69, 9.17) is 12.8 Å². The van der Waals surface area contributed by atoms with Crippen LogP contribution in [0.5, 0.6) is 0 Å². The van der Waals surface area contributed by atoms with Crippen molar-refractivity contribution in [3.8, 4) is 24.7 Å². The molecule has 0 amide bonds. The van der Waals surface area contributed by atoms with Gasteiger partial charge in [0.15, 0.2) is 0 Å². The van der Waals surface area contributed by atoms with Gasteiger partial charge in [0.2, 0.25) is 0 Å². The summed E-state index contributed by atoms with van der Waals surface area (Å²) in [5.41, 5.74) is 0. The first-order valence-corrected chi connectivity index (χ1v) is 9.84. The minimum atomic E-state index is 0.846. The number of terminal acetylenes is 2. The van der Waals surface area contributed by atoms with Gasteiger partial charge < -0.3 is 8.97 Å². The van der Waals surface area contributed by atoms with Crippen molar-refractivity contribution >= 4 is 0 Å². The highest BCUT2D eigenvalue weighted by Crippen LogP contribution is 2.12. The predicted octanol–water partition coefficient (Wildman–Crippen LogP) is 4.31. The van der Waals surface area contributed by atoms with Gasteiger partial charge in [0, 0.05) is 0 Å². The highest BCUT2D eigenvalue weighted by molar-refractivity contribution is 4.83. The minimum Gasteiger partial charge on any atom is -0.318 e. The zero-order valence-corrected chi connectivity index (χ0v) is 16.9. The molecular formula is C22H42N2+2. The van der Waals surface area contributed by atoms with E-state index in [0.29, 0.717) is 0 Å². The summed E-state index contributed by atoms with van der Waals surface area (Å²) in [6.45, 7) is 4.11. The van der Waals surface area contributed by atoms with Crippen molar-refractivity contribution in [2.24, 2.45) is 0 Å². The van der Waals surface area contributed by atoms with Crippen molar-refractivity contribution in [3.63, 3.8) is 0 Å². The molecule has 0 rings (SSSR count). The summed E-state index contributed by atoms with van der Waals surface area (Å²) in [5, 5.41) is 0. The van der Waals surface area contributed by atoms with Gasteiger partial charge in [0.05, 0.1) is 41.3 Å². The third-order valence-electron chi connectivity index (χ3n) is 4.82. The Morgan fingerprint density at radius 2 is 0.750 bits per heavy atom.